The summed E-state index contributed by atoms with van der Waals surface area (Å²) in [6.45, 7) is 2.81. The average molecular weight is 427 g/mol. The van der Waals surface area contributed by atoms with Crippen LogP contribution in [-0.2, 0) is 14.3 Å². The number of hydrogen-bond donors (Lipinski definition) is 1. The Hall–Kier alpha value is -2.09. The normalized spacial score (nSPS) is 16.9. The molecule has 142 valence electrons. The Morgan fingerprint density at radius 1 is 1.38 bits per heavy atom. The number of carbonyl (C=O) groups is 3. The molecule has 8 heteroatoms. The van der Waals surface area contributed by atoms with Crippen LogP contribution in [0.1, 0.15) is 30.1 Å². The molecule has 1 aromatic carbocycles. The number of aromatic hydroxyl groups is 1. The number of halogens is 1. The highest BCUT2D eigenvalue weighted by atomic mass is 79.9. The van der Waals surface area contributed by atoms with Crippen molar-refractivity contribution in [1.82, 2.24) is 9.80 Å². The van der Waals surface area contributed by atoms with Crippen LogP contribution in [0.3, 0.4) is 0 Å². The first-order chi connectivity index (χ1) is 12.3. The average Bonchev–Trinajstić information content (AvgIpc) is 2.61. The van der Waals surface area contributed by atoms with Gasteiger partial charge in [-0.2, -0.15) is 0 Å². The maximum atomic E-state index is 12.5. The Morgan fingerprint density at radius 2 is 2.12 bits per heavy atom. The van der Waals surface area contributed by atoms with Crippen molar-refractivity contribution < 1.29 is 24.2 Å². The van der Waals surface area contributed by atoms with E-state index < -0.39 is 5.91 Å². The molecule has 1 saturated heterocycles. The molecule has 0 saturated carbocycles. The molecule has 7 nitrogen and oxygen atoms in total. The minimum absolute atomic E-state index is 0.121. The van der Waals surface area contributed by atoms with Crippen molar-refractivity contribution in [3.8, 4) is 5.75 Å². The second kappa shape index (κ2) is 9.02. The van der Waals surface area contributed by atoms with Crippen LogP contribution in [0.5, 0.6) is 5.75 Å². The number of benzene rings is 1. The monoisotopic (exact) mass is 426 g/mol. The third-order valence-corrected chi connectivity index (χ3v) is 4.80. The second-order valence-corrected chi connectivity index (χ2v) is 7.17. The van der Waals surface area contributed by atoms with Gasteiger partial charge in [-0.15, -0.1) is 0 Å². The molecule has 1 aliphatic rings. The van der Waals surface area contributed by atoms with E-state index in [1.807, 2.05) is 0 Å². The van der Waals surface area contributed by atoms with Crippen molar-refractivity contribution in [3.05, 3.63) is 28.2 Å². The number of rotatable bonds is 5. The molecule has 0 radical (unpaired) electrons. The van der Waals surface area contributed by atoms with Crippen LogP contribution in [0, 0.1) is 5.92 Å². The predicted molar refractivity (Wildman–Crippen MR) is 98.7 cm³/mol. The van der Waals surface area contributed by atoms with Gasteiger partial charge in [0.25, 0.3) is 5.91 Å². The topological polar surface area (TPSA) is 87.2 Å². The molecule has 1 fully saturated rings. The molecule has 0 aliphatic carbocycles. The van der Waals surface area contributed by atoms with E-state index in [1.54, 1.807) is 17.9 Å². The number of phenolic OH excluding ortho intramolecular Hbond substituents is 1. The van der Waals surface area contributed by atoms with E-state index in [1.165, 1.54) is 24.1 Å². The number of hydrogen-bond acceptors (Lipinski definition) is 5. The van der Waals surface area contributed by atoms with Gasteiger partial charge < -0.3 is 19.6 Å². The molecule has 0 bridgehead atoms. The SMILES string of the molecule is CCOC(=O)C1CCCN(C(=O)CN(C)C(=O)c2ccc(Br)cc2O)C1. The van der Waals surface area contributed by atoms with Gasteiger partial charge >= 0.3 is 5.97 Å². The van der Waals surface area contributed by atoms with Crippen LogP contribution in [0.15, 0.2) is 22.7 Å². The summed E-state index contributed by atoms with van der Waals surface area (Å²) >= 11 is 3.22. The van der Waals surface area contributed by atoms with Crippen LogP contribution < -0.4 is 0 Å². The quantitative estimate of drug-likeness (QED) is 0.727. The number of piperidine rings is 1. The fourth-order valence-corrected chi connectivity index (χ4v) is 3.27. The number of amides is 2. The van der Waals surface area contributed by atoms with Gasteiger partial charge in [0, 0.05) is 24.6 Å². The number of likely N-dealkylation sites (tertiary alicyclic amines) is 1. The molecule has 2 rings (SSSR count). The molecule has 1 unspecified atom stereocenters. The van der Waals surface area contributed by atoms with Crippen LogP contribution >= 0.6 is 15.9 Å². The summed E-state index contributed by atoms with van der Waals surface area (Å²) < 4.78 is 5.69. The summed E-state index contributed by atoms with van der Waals surface area (Å²) in [5.41, 5.74) is 0.131. The Labute approximate surface area is 161 Å². The lowest BCUT2D eigenvalue weighted by Crippen LogP contribution is -2.47. The van der Waals surface area contributed by atoms with Crippen LogP contribution in [-0.4, -0.2) is 66.0 Å². The van der Waals surface area contributed by atoms with Crippen molar-refractivity contribution in [2.45, 2.75) is 19.8 Å². The van der Waals surface area contributed by atoms with Crippen molar-refractivity contribution in [2.24, 2.45) is 5.92 Å². The first kappa shape index (κ1) is 20.2. The molecule has 0 spiro atoms. The molecule has 2 amide bonds. The van der Waals surface area contributed by atoms with Gasteiger partial charge in [-0.05, 0) is 38.0 Å². The number of likely N-dealkylation sites (N-methyl/N-ethyl adjacent to an activating group) is 1. The second-order valence-electron chi connectivity index (χ2n) is 6.25. The van der Waals surface area contributed by atoms with E-state index in [2.05, 4.69) is 15.9 Å². The summed E-state index contributed by atoms with van der Waals surface area (Å²) in [5.74, 6) is -1.42. The fourth-order valence-electron chi connectivity index (χ4n) is 2.92. The van der Waals surface area contributed by atoms with E-state index in [0.29, 0.717) is 30.6 Å². The lowest BCUT2D eigenvalue weighted by atomic mass is 9.98. The maximum absolute atomic E-state index is 12.5. The minimum atomic E-state index is -0.442. The van der Waals surface area contributed by atoms with Crippen molar-refractivity contribution in [2.75, 3.05) is 33.3 Å². The van der Waals surface area contributed by atoms with Gasteiger partial charge in [0.15, 0.2) is 0 Å². The summed E-state index contributed by atoms with van der Waals surface area (Å²) in [6.07, 6.45) is 1.42. The van der Waals surface area contributed by atoms with E-state index in [-0.39, 0.29) is 35.7 Å². The molecule has 1 N–H and O–H groups in total. The van der Waals surface area contributed by atoms with Gasteiger partial charge in [-0.25, -0.2) is 0 Å². The molecule has 1 heterocycles. The third kappa shape index (κ3) is 4.97. The lowest BCUT2D eigenvalue weighted by Gasteiger charge is -2.32. The molecule has 26 heavy (non-hydrogen) atoms. The van der Waals surface area contributed by atoms with Gasteiger partial charge in [-0.3, -0.25) is 14.4 Å². The standard InChI is InChI=1S/C18H23BrN2O5/c1-3-26-18(25)12-5-4-8-21(10-12)16(23)11-20(2)17(24)14-7-6-13(19)9-15(14)22/h6-7,9,12,22H,3-5,8,10-11H2,1-2H3. The van der Waals surface area contributed by atoms with E-state index in [4.69, 9.17) is 4.74 Å². The third-order valence-electron chi connectivity index (χ3n) is 4.30. The van der Waals surface area contributed by atoms with Gasteiger partial charge in [0.2, 0.25) is 5.91 Å². The number of carbonyl (C=O) groups excluding carboxylic acids is 3. The first-order valence-electron chi connectivity index (χ1n) is 8.51. The maximum Gasteiger partial charge on any atom is 0.310 e. The van der Waals surface area contributed by atoms with E-state index in [9.17, 15) is 19.5 Å². The Kier molecular flexibility index (Phi) is 7.02. The summed E-state index contributed by atoms with van der Waals surface area (Å²) in [6, 6.07) is 4.58. The highest BCUT2D eigenvalue weighted by molar-refractivity contribution is 9.10. The first-order valence-corrected chi connectivity index (χ1v) is 9.31. The number of ether oxygens (including phenoxy) is 1. The predicted octanol–water partition coefficient (Wildman–Crippen LogP) is 2.03. The zero-order valence-electron chi connectivity index (χ0n) is 14.9. The zero-order chi connectivity index (χ0) is 19.3. The fraction of sp³-hybridized carbons (Fsp3) is 0.500. The number of phenols is 1. The van der Waals surface area contributed by atoms with Gasteiger partial charge in [0.05, 0.1) is 24.6 Å². The summed E-state index contributed by atoms with van der Waals surface area (Å²) in [4.78, 5) is 39.7. The molecule has 0 aromatic heterocycles. The van der Waals surface area contributed by atoms with Crippen LogP contribution in [0.2, 0.25) is 0 Å². The van der Waals surface area contributed by atoms with Crippen LogP contribution in [0.4, 0.5) is 0 Å². The molecule has 1 atom stereocenters. The van der Waals surface area contributed by atoms with Crippen LogP contribution in [0.25, 0.3) is 0 Å². The Balaban J connectivity index is 1.97. The van der Waals surface area contributed by atoms with Gasteiger partial charge in [-0.1, -0.05) is 15.9 Å². The van der Waals surface area contributed by atoms with Gasteiger partial charge in [0.1, 0.15) is 5.75 Å². The number of nitrogens with zero attached hydrogens (tertiary/aromatic N) is 2. The summed E-state index contributed by atoms with van der Waals surface area (Å²) in [7, 11) is 1.51. The minimum Gasteiger partial charge on any atom is -0.507 e. The summed E-state index contributed by atoms with van der Waals surface area (Å²) in [5, 5.41) is 9.92. The highest BCUT2D eigenvalue weighted by Gasteiger charge is 2.30. The zero-order valence-corrected chi connectivity index (χ0v) is 16.5. The Bertz CT molecular complexity index is 694. The number of esters is 1. The molecule has 1 aromatic rings. The molecular formula is C18H23BrN2O5. The van der Waals surface area contributed by atoms with Crippen molar-refractivity contribution in [3.63, 3.8) is 0 Å². The largest absolute Gasteiger partial charge is 0.507 e. The lowest BCUT2D eigenvalue weighted by molar-refractivity contribution is -0.151. The van der Waals surface area contributed by atoms with Crippen molar-refractivity contribution >= 4 is 33.7 Å². The molecular weight excluding hydrogens is 404 g/mol. The van der Waals surface area contributed by atoms with E-state index >= 15 is 0 Å². The van der Waals surface area contributed by atoms with E-state index in [0.717, 1.165) is 6.42 Å². The smallest absolute Gasteiger partial charge is 0.310 e. The molecule has 1 aliphatic heterocycles. The highest BCUT2D eigenvalue weighted by Crippen LogP contribution is 2.23. The Morgan fingerprint density at radius 3 is 2.77 bits per heavy atom. The van der Waals surface area contributed by atoms with Crippen molar-refractivity contribution in [1.29, 1.82) is 0 Å².